The van der Waals surface area contributed by atoms with Crippen molar-refractivity contribution < 1.29 is 0 Å². The molecule has 2 N–H and O–H groups in total. The zero-order valence-corrected chi connectivity index (χ0v) is 12.2. The molecule has 0 saturated heterocycles. The van der Waals surface area contributed by atoms with Crippen molar-refractivity contribution in [2.24, 2.45) is 0 Å². The molecular weight excluding hydrogens is 254 g/mol. The summed E-state index contributed by atoms with van der Waals surface area (Å²) in [5.74, 6) is 0. The Morgan fingerprint density at radius 2 is 2.26 bits per heavy atom. The number of aromatic nitrogens is 1. The van der Waals surface area contributed by atoms with Gasteiger partial charge in [0, 0.05) is 24.2 Å². The Morgan fingerprint density at radius 3 is 3.00 bits per heavy atom. The molecule has 3 nitrogen and oxygen atoms in total. The van der Waals surface area contributed by atoms with Gasteiger partial charge in [-0.25, -0.2) is 4.98 Å². The molecule has 4 heteroatoms. The Labute approximate surface area is 118 Å². The normalized spacial score (nSPS) is 17.2. The molecule has 100 valence electrons. The van der Waals surface area contributed by atoms with Crippen molar-refractivity contribution >= 4 is 17.0 Å². The van der Waals surface area contributed by atoms with Gasteiger partial charge in [-0.3, -0.25) is 4.90 Å². The molecule has 2 heterocycles. The maximum Gasteiger partial charge on any atom is 0.0898 e. The maximum absolute atomic E-state index is 6.11. The number of hydrogen-bond donors (Lipinski definition) is 1. The topological polar surface area (TPSA) is 42.2 Å². The van der Waals surface area contributed by atoms with Gasteiger partial charge in [0.2, 0.25) is 0 Å². The van der Waals surface area contributed by atoms with Crippen molar-refractivity contribution in [3.63, 3.8) is 0 Å². The molecule has 1 aliphatic heterocycles. The van der Waals surface area contributed by atoms with E-state index in [0.717, 1.165) is 30.2 Å². The number of thiazole rings is 1. The number of nitrogens with two attached hydrogens (primary N) is 1. The van der Waals surface area contributed by atoms with Crippen LogP contribution in [0.5, 0.6) is 0 Å². The van der Waals surface area contributed by atoms with Crippen LogP contribution in [-0.2, 0) is 13.0 Å². The third-order valence-electron chi connectivity index (χ3n) is 3.95. The van der Waals surface area contributed by atoms with E-state index in [2.05, 4.69) is 41.2 Å². The minimum Gasteiger partial charge on any atom is -0.398 e. The van der Waals surface area contributed by atoms with Crippen molar-refractivity contribution in [3.05, 3.63) is 45.4 Å². The summed E-state index contributed by atoms with van der Waals surface area (Å²) in [6.45, 7) is 6.30. The van der Waals surface area contributed by atoms with Crippen LogP contribution in [0.25, 0.3) is 0 Å². The average Bonchev–Trinajstić information content (AvgIpc) is 2.85. The third kappa shape index (κ3) is 2.38. The Bertz CT molecular complexity index is 591. The largest absolute Gasteiger partial charge is 0.398 e. The monoisotopic (exact) mass is 273 g/mol. The van der Waals surface area contributed by atoms with Gasteiger partial charge in [-0.1, -0.05) is 12.1 Å². The van der Waals surface area contributed by atoms with Crippen LogP contribution in [-0.4, -0.2) is 16.4 Å². The van der Waals surface area contributed by atoms with Gasteiger partial charge in [-0.2, -0.15) is 0 Å². The van der Waals surface area contributed by atoms with Crippen LogP contribution in [0.2, 0.25) is 0 Å². The first-order chi connectivity index (χ1) is 9.15. The number of benzene rings is 1. The van der Waals surface area contributed by atoms with Gasteiger partial charge < -0.3 is 5.73 Å². The number of hydrogen-bond acceptors (Lipinski definition) is 4. The SMILES string of the molecule is Cc1nc(C(C)N2CCc3cccc(N)c3C2)cs1. The van der Waals surface area contributed by atoms with E-state index >= 15 is 0 Å². The molecule has 1 atom stereocenters. The molecule has 1 aliphatic rings. The highest BCUT2D eigenvalue weighted by Gasteiger charge is 2.24. The second kappa shape index (κ2) is 4.94. The minimum atomic E-state index is 0.359. The lowest BCUT2D eigenvalue weighted by Crippen LogP contribution is -2.33. The van der Waals surface area contributed by atoms with E-state index < -0.39 is 0 Å². The molecule has 0 amide bonds. The van der Waals surface area contributed by atoms with Crippen LogP contribution >= 0.6 is 11.3 Å². The van der Waals surface area contributed by atoms with E-state index in [9.17, 15) is 0 Å². The molecule has 0 saturated carbocycles. The first-order valence-electron chi connectivity index (χ1n) is 6.67. The van der Waals surface area contributed by atoms with Crippen molar-refractivity contribution in [2.45, 2.75) is 32.9 Å². The Hall–Kier alpha value is -1.39. The van der Waals surface area contributed by atoms with E-state index in [1.807, 2.05) is 6.07 Å². The van der Waals surface area contributed by atoms with E-state index in [0.29, 0.717) is 6.04 Å². The highest BCUT2D eigenvalue weighted by Crippen LogP contribution is 2.30. The fourth-order valence-electron chi connectivity index (χ4n) is 2.72. The van der Waals surface area contributed by atoms with E-state index in [1.54, 1.807) is 11.3 Å². The van der Waals surface area contributed by atoms with Crippen LogP contribution in [0.1, 0.15) is 34.8 Å². The van der Waals surface area contributed by atoms with Crippen molar-refractivity contribution in [1.29, 1.82) is 0 Å². The molecule has 0 radical (unpaired) electrons. The molecule has 1 unspecified atom stereocenters. The van der Waals surface area contributed by atoms with E-state index in [4.69, 9.17) is 5.73 Å². The molecule has 3 rings (SSSR count). The smallest absolute Gasteiger partial charge is 0.0898 e. The summed E-state index contributed by atoms with van der Waals surface area (Å²) in [5.41, 5.74) is 10.9. The lowest BCUT2D eigenvalue weighted by molar-refractivity contribution is 0.190. The van der Waals surface area contributed by atoms with Crippen molar-refractivity contribution in [1.82, 2.24) is 9.88 Å². The molecule has 0 spiro atoms. The zero-order chi connectivity index (χ0) is 13.4. The molecule has 19 heavy (non-hydrogen) atoms. The maximum atomic E-state index is 6.11. The number of aryl methyl sites for hydroxylation is 1. The van der Waals surface area contributed by atoms with Crippen LogP contribution in [0.3, 0.4) is 0 Å². The number of rotatable bonds is 2. The molecule has 1 aromatic heterocycles. The van der Waals surface area contributed by atoms with Crippen molar-refractivity contribution in [2.75, 3.05) is 12.3 Å². The second-order valence-corrected chi connectivity index (χ2v) is 6.23. The van der Waals surface area contributed by atoms with E-state index in [1.165, 1.54) is 16.8 Å². The number of nitrogens with zero attached hydrogens (tertiary/aromatic N) is 2. The Balaban J connectivity index is 1.83. The molecule has 0 bridgehead atoms. The molecule has 0 aliphatic carbocycles. The highest BCUT2D eigenvalue weighted by molar-refractivity contribution is 7.09. The molecule has 0 fully saturated rings. The summed E-state index contributed by atoms with van der Waals surface area (Å²) >= 11 is 1.72. The van der Waals surface area contributed by atoms with Crippen LogP contribution in [0, 0.1) is 6.92 Å². The fraction of sp³-hybridized carbons (Fsp3) is 0.400. The molecular formula is C15H19N3S. The summed E-state index contributed by atoms with van der Waals surface area (Å²) < 4.78 is 0. The van der Waals surface area contributed by atoms with Gasteiger partial charge in [0.25, 0.3) is 0 Å². The average molecular weight is 273 g/mol. The fourth-order valence-corrected chi connectivity index (χ4v) is 3.42. The van der Waals surface area contributed by atoms with Crippen LogP contribution in [0.15, 0.2) is 23.6 Å². The standard InChI is InChI=1S/C15H19N3S/c1-10(15-9-19-11(2)17-15)18-7-6-12-4-3-5-14(16)13(12)8-18/h3-5,9-10H,6-8,16H2,1-2H3. The van der Waals surface area contributed by atoms with Gasteiger partial charge in [-0.05, 0) is 37.5 Å². The van der Waals surface area contributed by atoms with Gasteiger partial charge in [0.1, 0.15) is 0 Å². The summed E-state index contributed by atoms with van der Waals surface area (Å²) in [6.07, 6.45) is 1.08. The first-order valence-corrected chi connectivity index (χ1v) is 7.55. The molecule has 2 aromatic rings. The first kappa shape index (κ1) is 12.6. The van der Waals surface area contributed by atoms with Crippen LogP contribution in [0.4, 0.5) is 5.69 Å². The van der Waals surface area contributed by atoms with Gasteiger partial charge in [0.15, 0.2) is 0 Å². The highest BCUT2D eigenvalue weighted by atomic mass is 32.1. The summed E-state index contributed by atoms with van der Waals surface area (Å²) in [4.78, 5) is 7.08. The second-order valence-electron chi connectivity index (χ2n) is 5.17. The van der Waals surface area contributed by atoms with E-state index in [-0.39, 0.29) is 0 Å². The Kier molecular flexibility index (Phi) is 3.29. The lowest BCUT2D eigenvalue weighted by atomic mass is 9.97. The third-order valence-corrected chi connectivity index (χ3v) is 4.74. The summed E-state index contributed by atoms with van der Waals surface area (Å²) in [6, 6.07) is 6.61. The summed E-state index contributed by atoms with van der Waals surface area (Å²) in [7, 11) is 0. The van der Waals surface area contributed by atoms with Crippen LogP contribution < -0.4 is 5.73 Å². The summed E-state index contributed by atoms with van der Waals surface area (Å²) in [5, 5.41) is 3.31. The minimum absolute atomic E-state index is 0.359. The zero-order valence-electron chi connectivity index (χ0n) is 11.4. The lowest BCUT2D eigenvalue weighted by Gasteiger charge is -2.33. The predicted molar refractivity (Wildman–Crippen MR) is 80.2 cm³/mol. The number of nitrogen functional groups attached to an aromatic ring is 1. The molecule has 1 aromatic carbocycles. The Morgan fingerprint density at radius 1 is 1.42 bits per heavy atom. The quantitative estimate of drug-likeness (QED) is 0.855. The van der Waals surface area contributed by atoms with Crippen molar-refractivity contribution in [3.8, 4) is 0 Å². The van der Waals surface area contributed by atoms with Gasteiger partial charge in [-0.15, -0.1) is 11.3 Å². The predicted octanol–water partition coefficient (Wildman–Crippen LogP) is 3.15. The number of anilines is 1. The van der Waals surface area contributed by atoms with Gasteiger partial charge >= 0.3 is 0 Å². The number of fused-ring (bicyclic) bond motifs is 1. The van der Waals surface area contributed by atoms with Gasteiger partial charge in [0.05, 0.1) is 16.7 Å².